The van der Waals surface area contributed by atoms with Crippen LogP contribution in [0.15, 0.2) is 18.2 Å². The first-order valence-corrected chi connectivity index (χ1v) is 6.49. The zero-order chi connectivity index (χ0) is 12.6. The molecule has 17 heavy (non-hydrogen) atoms. The zero-order valence-corrected chi connectivity index (χ0v) is 14.9. The fraction of sp³-hybridized carbons (Fsp3) is 0.455. The van der Waals surface area contributed by atoms with Gasteiger partial charge >= 0.3 is 59.2 Å². The van der Waals surface area contributed by atoms with Gasteiger partial charge in [-0.05, 0) is 18.4 Å². The van der Waals surface area contributed by atoms with E-state index in [9.17, 15) is 4.57 Å². The molecule has 0 aliphatic carbocycles. The second-order valence-corrected chi connectivity index (χ2v) is 6.00. The second kappa shape index (κ2) is 6.30. The van der Waals surface area contributed by atoms with E-state index in [-0.39, 0.29) is 64.0 Å². The van der Waals surface area contributed by atoms with Crippen molar-refractivity contribution in [3.05, 3.63) is 29.3 Å². The Hall–Kier alpha value is 0.806. The molecule has 0 spiro atoms. The monoisotopic (exact) mass is 284 g/mol. The molecule has 2 N–H and O–H groups in total. The molecule has 0 saturated carbocycles. The predicted molar refractivity (Wildman–Crippen MR) is 63.7 cm³/mol. The van der Waals surface area contributed by atoms with E-state index in [1.54, 1.807) is 12.1 Å². The van der Waals surface area contributed by atoms with Gasteiger partial charge in [-0.3, -0.25) is 9.79 Å². The third-order valence-corrected chi connectivity index (χ3v) is 2.59. The van der Waals surface area contributed by atoms with Crippen LogP contribution in [-0.4, -0.2) is 9.79 Å². The first-order chi connectivity index (χ1) is 7.09. The van der Waals surface area contributed by atoms with Crippen molar-refractivity contribution in [1.29, 1.82) is 0 Å². The summed E-state index contributed by atoms with van der Waals surface area (Å²) in [5.41, 5.74) is 1.59. The molecule has 0 amide bonds. The van der Waals surface area contributed by atoms with Crippen LogP contribution in [0.1, 0.15) is 33.3 Å². The Bertz CT molecular complexity index is 439. The number of phosphoric ester groups is 1. The van der Waals surface area contributed by atoms with Gasteiger partial charge in [-0.2, -0.15) is 0 Å². The first kappa shape index (κ1) is 17.8. The molecule has 6 heteroatoms. The summed E-state index contributed by atoms with van der Waals surface area (Å²) < 4.78 is 15.5. The molecule has 92 valence electrons. The number of hydrogen-bond donors (Lipinski definition) is 2. The third-order valence-electron chi connectivity index (χ3n) is 2.16. The molecule has 0 fully saturated rings. The number of benzene rings is 1. The van der Waals surface area contributed by atoms with Crippen molar-refractivity contribution in [2.75, 3.05) is 0 Å². The van der Waals surface area contributed by atoms with Gasteiger partial charge in [-0.15, -0.1) is 0 Å². The Morgan fingerprint density at radius 1 is 1.29 bits per heavy atom. The molecule has 0 atom stereocenters. The number of rotatable bonds is 2. The summed E-state index contributed by atoms with van der Waals surface area (Å²) in [5, 5.41) is 0. The van der Waals surface area contributed by atoms with Crippen molar-refractivity contribution < 1.29 is 71.7 Å². The van der Waals surface area contributed by atoms with Crippen molar-refractivity contribution >= 4 is 7.82 Å². The van der Waals surface area contributed by atoms with E-state index in [0.29, 0.717) is 0 Å². The van der Waals surface area contributed by atoms with E-state index in [1.165, 1.54) is 0 Å². The average molecular weight is 284 g/mol. The fourth-order valence-electron chi connectivity index (χ4n) is 1.44. The quantitative estimate of drug-likeness (QED) is 0.587. The van der Waals surface area contributed by atoms with Crippen molar-refractivity contribution in [2.45, 2.75) is 33.1 Å². The van der Waals surface area contributed by atoms with Crippen LogP contribution in [0.25, 0.3) is 0 Å². The van der Waals surface area contributed by atoms with Gasteiger partial charge in [-0.1, -0.05) is 38.5 Å². The maximum atomic E-state index is 10.8. The molecule has 0 heterocycles. The van der Waals surface area contributed by atoms with Crippen molar-refractivity contribution in [2.24, 2.45) is 0 Å². The average Bonchev–Trinajstić information content (AvgIpc) is 2.04. The molecule has 1 aromatic carbocycles. The maximum absolute atomic E-state index is 10.8. The zero-order valence-electron chi connectivity index (χ0n) is 11.9. The van der Waals surface area contributed by atoms with E-state index in [2.05, 4.69) is 4.52 Å². The minimum Gasteiger partial charge on any atom is -1.00 e. The van der Waals surface area contributed by atoms with Crippen molar-refractivity contribution in [3.63, 3.8) is 0 Å². The van der Waals surface area contributed by atoms with Gasteiger partial charge in [0.05, 0.1) is 0 Å². The Morgan fingerprint density at radius 3 is 2.24 bits per heavy atom. The molecule has 0 aliphatic heterocycles. The molecule has 0 saturated heterocycles. The summed E-state index contributed by atoms with van der Waals surface area (Å²) in [5.74, 6) is 0.242. The van der Waals surface area contributed by atoms with Crippen molar-refractivity contribution in [1.82, 2.24) is 0 Å². The van der Waals surface area contributed by atoms with Crippen molar-refractivity contribution in [3.8, 4) is 5.75 Å². The Morgan fingerprint density at radius 2 is 1.82 bits per heavy atom. The number of aryl methyl sites for hydroxylation is 1. The first-order valence-electron chi connectivity index (χ1n) is 4.96. The van der Waals surface area contributed by atoms with Crippen LogP contribution >= 0.6 is 7.82 Å². The van der Waals surface area contributed by atoms with Crippen LogP contribution in [0, 0.1) is 6.92 Å². The van der Waals surface area contributed by atoms with Gasteiger partial charge in [0, 0.05) is 5.56 Å². The van der Waals surface area contributed by atoms with E-state index in [0.717, 1.165) is 11.1 Å². The van der Waals surface area contributed by atoms with Crippen LogP contribution in [-0.2, 0) is 9.98 Å². The summed E-state index contributed by atoms with van der Waals surface area (Å²) in [7, 11) is -4.50. The largest absolute Gasteiger partial charge is 1.00 e. The summed E-state index contributed by atoms with van der Waals surface area (Å²) >= 11 is 0. The van der Waals surface area contributed by atoms with Crippen LogP contribution in [0.4, 0.5) is 0 Å². The van der Waals surface area contributed by atoms with Gasteiger partial charge in [-0.25, -0.2) is 4.57 Å². The topological polar surface area (TPSA) is 66.8 Å². The molecule has 0 bridgehead atoms. The van der Waals surface area contributed by atoms with Gasteiger partial charge < -0.3 is 5.95 Å². The van der Waals surface area contributed by atoms with Gasteiger partial charge in [0.2, 0.25) is 0 Å². The van der Waals surface area contributed by atoms with Crippen LogP contribution < -0.4 is 55.9 Å². The molecule has 1 rings (SSSR count). The van der Waals surface area contributed by atoms with Gasteiger partial charge in [0.15, 0.2) is 0 Å². The minimum absolute atomic E-state index is 0. The summed E-state index contributed by atoms with van der Waals surface area (Å²) in [6.45, 7) is 7.83. The molecule has 1 aromatic rings. The molecule has 0 radical (unpaired) electrons. The summed E-state index contributed by atoms with van der Waals surface area (Å²) in [4.78, 5) is 17.6. The molecular formula is C11H18KO4P. The molecule has 4 nitrogen and oxygen atoms in total. The SMILES string of the molecule is Cc1ccc(OP(=O)(O)O)c(C(C)(C)C)c1.[H-].[K+]. The smallest absolute Gasteiger partial charge is 1.00 e. The molecule has 0 unspecified atom stereocenters. The van der Waals surface area contributed by atoms with E-state index < -0.39 is 7.82 Å². The van der Waals surface area contributed by atoms with Crippen LogP contribution in [0.3, 0.4) is 0 Å². The van der Waals surface area contributed by atoms with E-state index in [1.807, 2.05) is 33.8 Å². The number of hydrogen-bond acceptors (Lipinski definition) is 2. The van der Waals surface area contributed by atoms with Gasteiger partial charge in [0.25, 0.3) is 0 Å². The Labute approximate surface area is 146 Å². The normalized spacial score (nSPS) is 11.9. The van der Waals surface area contributed by atoms with Crippen LogP contribution in [0.5, 0.6) is 5.75 Å². The number of phosphoric acid groups is 1. The van der Waals surface area contributed by atoms with E-state index in [4.69, 9.17) is 9.79 Å². The maximum Gasteiger partial charge on any atom is 1.00 e. The van der Waals surface area contributed by atoms with Crippen LogP contribution in [0.2, 0.25) is 0 Å². The molecular weight excluding hydrogens is 266 g/mol. The van der Waals surface area contributed by atoms with E-state index >= 15 is 0 Å². The third kappa shape index (κ3) is 5.99. The minimum atomic E-state index is -4.50. The molecule has 0 aliphatic rings. The second-order valence-electron chi connectivity index (χ2n) is 4.83. The standard InChI is InChI=1S/C11H17O4P.K.H/c1-8-5-6-10(15-16(12,13)14)9(7-8)11(2,3)4;;/h5-7H,1-4H3,(H2,12,13,14);;/q;+1;-1. The summed E-state index contributed by atoms with van der Waals surface area (Å²) in [6, 6.07) is 5.24. The summed E-state index contributed by atoms with van der Waals surface area (Å²) in [6.07, 6.45) is 0. The molecule has 0 aromatic heterocycles. The van der Waals surface area contributed by atoms with Gasteiger partial charge in [0.1, 0.15) is 5.75 Å². The predicted octanol–water partition coefficient (Wildman–Crippen LogP) is -0.119. The Kier molecular flexibility index (Phi) is 6.60. The fourth-order valence-corrected chi connectivity index (χ4v) is 1.85. The Balaban J connectivity index is 0.